The van der Waals surface area contributed by atoms with E-state index in [0.717, 1.165) is 18.8 Å². The van der Waals surface area contributed by atoms with Crippen molar-refractivity contribution in [1.82, 2.24) is 9.97 Å². The van der Waals surface area contributed by atoms with Gasteiger partial charge in [0.15, 0.2) is 0 Å². The maximum Gasteiger partial charge on any atom is 0.144 e. The average Bonchev–Trinajstić information content (AvgIpc) is 2.41. The molecule has 0 amide bonds. The van der Waals surface area contributed by atoms with E-state index in [2.05, 4.69) is 47.3 Å². The third-order valence-electron chi connectivity index (χ3n) is 3.09. The van der Waals surface area contributed by atoms with Crippen molar-refractivity contribution in [2.75, 3.05) is 11.9 Å². The molecule has 0 radical (unpaired) electrons. The Morgan fingerprint density at radius 3 is 2.79 bits per heavy atom. The molecule has 4 nitrogen and oxygen atoms in total. The molecule has 2 rings (SSSR count). The molecule has 19 heavy (non-hydrogen) atoms. The molecule has 1 aromatic carbocycles. The van der Waals surface area contributed by atoms with Gasteiger partial charge in [-0.25, -0.2) is 9.97 Å². The van der Waals surface area contributed by atoms with Gasteiger partial charge >= 0.3 is 0 Å². The quantitative estimate of drug-likeness (QED) is 0.861. The lowest BCUT2D eigenvalue weighted by Gasteiger charge is -2.09. The van der Waals surface area contributed by atoms with Crippen LogP contribution in [0.4, 0.5) is 5.82 Å². The lowest BCUT2D eigenvalue weighted by molar-refractivity contribution is 0.899. The van der Waals surface area contributed by atoms with Gasteiger partial charge in [0.1, 0.15) is 11.6 Å². The van der Waals surface area contributed by atoms with Crippen LogP contribution in [0.15, 0.2) is 30.5 Å². The lowest BCUT2D eigenvalue weighted by atomic mass is 10.0. The van der Waals surface area contributed by atoms with Crippen LogP contribution in [-0.2, 0) is 13.0 Å². The second-order valence-corrected chi connectivity index (χ2v) is 4.67. The molecule has 0 fully saturated rings. The van der Waals surface area contributed by atoms with Crippen LogP contribution < -0.4 is 11.1 Å². The first-order valence-electron chi connectivity index (χ1n) is 6.51. The number of nitrogens with zero attached hydrogens (tertiary/aromatic N) is 2. The van der Waals surface area contributed by atoms with Crippen LogP contribution in [0.3, 0.4) is 0 Å². The predicted molar refractivity (Wildman–Crippen MR) is 78.0 cm³/mol. The highest BCUT2D eigenvalue weighted by Gasteiger charge is 2.00. The smallest absolute Gasteiger partial charge is 0.144 e. The summed E-state index contributed by atoms with van der Waals surface area (Å²) >= 11 is 0. The summed E-state index contributed by atoms with van der Waals surface area (Å²) in [5.41, 5.74) is 9.53. The van der Waals surface area contributed by atoms with Crippen molar-refractivity contribution >= 4 is 5.82 Å². The second kappa shape index (κ2) is 6.29. The molecule has 0 unspecified atom stereocenters. The van der Waals surface area contributed by atoms with Gasteiger partial charge in [0.05, 0.1) is 6.54 Å². The van der Waals surface area contributed by atoms with E-state index in [-0.39, 0.29) is 0 Å². The number of nitrogens with two attached hydrogens (primary N) is 1. The van der Waals surface area contributed by atoms with Crippen LogP contribution in [0.1, 0.15) is 22.5 Å². The van der Waals surface area contributed by atoms with Crippen LogP contribution in [0, 0.1) is 13.8 Å². The third-order valence-corrected chi connectivity index (χ3v) is 3.09. The van der Waals surface area contributed by atoms with Crippen molar-refractivity contribution in [3.05, 3.63) is 53.0 Å². The molecule has 0 spiro atoms. The van der Waals surface area contributed by atoms with Crippen LogP contribution in [0.25, 0.3) is 0 Å². The van der Waals surface area contributed by atoms with Gasteiger partial charge in [0, 0.05) is 12.7 Å². The van der Waals surface area contributed by atoms with Crippen molar-refractivity contribution in [2.45, 2.75) is 26.8 Å². The molecular formula is C15H20N4. The highest BCUT2D eigenvalue weighted by molar-refractivity contribution is 5.35. The molecule has 0 bridgehead atoms. The van der Waals surface area contributed by atoms with Crippen LogP contribution in [-0.4, -0.2) is 16.5 Å². The SMILES string of the molecule is Cc1ccc(CCNc2ccnc(CN)n2)c(C)c1. The van der Waals surface area contributed by atoms with E-state index < -0.39 is 0 Å². The van der Waals surface area contributed by atoms with Crippen LogP contribution >= 0.6 is 0 Å². The molecule has 100 valence electrons. The topological polar surface area (TPSA) is 63.8 Å². The second-order valence-electron chi connectivity index (χ2n) is 4.67. The molecule has 0 aliphatic rings. The minimum absolute atomic E-state index is 0.368. The Morgan fingerprint density at radius 1 is 1.21 bits per heavy atom. The summed E-state index contributed by atoms with van der Waals surface area (Å²) in [5, 5.41) is 3.30. The monoisotopic (exact) mass is 256 g/mol. The fourth-order valence-corrected chi connectivity index (χ4v) is 2.05. The summed E-state index contributed by atoms with van der Waals surface area (Å²) in [6.07, 6.45) is 2.71. The molecule has 0 saturated heterocycles. The Labute approximate surface area is 114 Å². The molecule has 0 aliphatic carbocycles. The van der Waals surface area contributed by atoms with Crippen LogP contribution in [0.2, 0.25) is 0 Å². The van der Waals surface area contributed by atoms with Crippen molar-refractivity contribution in [2.24, 2.45) is 5.73 Å². The van der Waals surface area contributed by atoms with E-state index in [1.165, 1.54) is 16.7 Å². The van der Waals surface area contributed by atoms with E-state index in [1.807, 2.05) is 6.07 Å². The zero-order valence-corrected chi connectivity index (χ0v) is 11.5. The molecule has 0 aliphatic heterocycles. The highest BCUT2D eigenvalue weighted by atomic mass is 15.0. The molecule has 0 atom stereocenters. The zero-order valence-electron chi connectivity index (χ0n) is 11.5. The molecule has 3 N–H and O–H groups in total. The minimum atomic E-state index is 0.368. The summed E-state index contributed by atoms with van der Waals surface area (Å²) in [5.74, 6) is 1.50. The van der Waals surface area contributed by atoms with Gasteiger partial charge in [-0.15, -0.1) is 0 Å². The number of aryl methyl sites for hydroxylation is 2. The number of hydrogen-bond acceptors (Lipinski definition) is 4. The van der Waals surface area contributed by atoms with Gasteiger partial charge in [-0.2, -0.15) is 0 Å². The van der Waals surface area contributed by atoms with Gasteiger partial charge in [-0.3, -0.25) is 0 Å². The van der Waals surface area contributed by atoms with Gasteiger partial charge in [-0.1, -0.05) is 23.8 Å². The highest BCUT2D eigenvalue weighted by Crippen LogP contribution is 2.11. The van der Waals surface area contributed by atoms with Crippen molar-refractivity contribution in [3.63, 3.8) is 0 Å². The van der Waals surface area contributed by atoms with Crippen LogP contribution in [0.5, 0.6) is 0 Å². The van der Waals surface area contributed by atoms with Gasteiger partial charge in [0.25, 0.3) is 0 Å². The maximum atomic E-state index is 5.52. The van der Waals surface area contributed by atoms with Crippen molar-refractivity contribution in [1.29, 1.82) is 0 Å². The number of benzene rings is 1. The summed E-state index contributed by atoms with van der Waals surface area (Å²) in [6, 6.07) is 8.42. The van der Waals surface area contributed by atoms with Crippen molar-refractivity contribution < 1.29 is 0 Å². The molecular weight excluding hydrogens is 236 g/mol. The standard InChI is InChI=1S/C15H20N4/c1-11-3-4-13(12(2)9-11)5-7-17-14-6-8-18-15(10-16)19-14/h3-4,6,8-9H,5,7,10,16H2,1-2H3,(H,17,18,19). The molecule has 2 aromatic rings. The fourth-order valence-electron chi connectivity index (χ4n) is 2.05. The normalized spacial score (nSPS) is 10.5. The van der Waals surface area contributed by atoms with E-state index in [9.17, 15) is 0 Å². The number of rotatable bonds is 5. The Morgan fingerprint density at radius 2 is 2.05 bits per heavy atom. The van der Waals surface area contributed by atoms with Crippen molar-refractivity contribution in [3.8, 4) is 0 Å². The fraction of sp³-hybridized carbons (Fsp3) is 0.333. The van der Waals surface area contributed by atoms with Gasteiger partial charge in [0.2, 0.25) is 0 Å². The third kappa shape index (κ3) is 3.76. The Bertz CT molecular complexity index is 552. The molecule has 4 heteroatoms. The summed E-state index contributed by atoms with van der Waals surface area (Å²) in [6.45, 7) is 5.49. The van der Waals surface area contributed by atoms with E-state index in [0.29, 0.717) is 12.4 Å². The first-order valence-corrected chi connectivity index (χ1v) is 6.51. The number of aromatic nitrogens is 2. The number of anilines is 1. The number of nitrogens with one attached hydrogen (secondary N) is 1. The number of hydrogen-bond donors (Lipinski definition) is 2. The first kappa shape index (κ1) is 13.5. The minimum Gasteiger partial charge on any atom is -0.370 e. The van der Waals surface area contributed by atoms with E-state index in [4.69, 9.17) is 5.73 Å². The Hall–Kier alpha value is -1.94. The molecule has 1 heterocycles. The zero-order chi connectivity index (χ0) is 13.7. The van der Waals surface area contributed by atoms with Gasteiger partial charge < -0.3 is 11.1 Å². The predicted octanol–water partition coefficient (Wildman–Crippen LogP) is 2.21. The van der Waals surface area contributed by atoms with Gasteiger partial charge in [-0.05, 0) is 37.5 Å². The Balaban J connectivity index is 1.92. The van der Waals surface area contributed by atoms with E-state index in [1.54, 1.807) is 6.20 Å². The maximum absolute atomic E-state index is 5.52. The summed E-state index contributed by atoms with van der Waals surface area (Å²) in [4.78, 5) is 8.38. The average molecular weight is 256 g/mol. The molecule has 0 saturated carbocycles. The lowest BCUT2D eigenvalue weighted by Crippen LogP contribution is -2.10. The first-order chi connectivity index (χ1) is 9.19. The van der Waals surface area contributed by atoms with E-state index >= 15 is 0 Å². The summed E-state index contributed by atoms with van der Waals surface area (Å²) in [7, 11) is 0. The largest absolute Gasteiger partial charge is 0.370 e. The Kier molecular flexibility index (Phi) is 4.47. The summed E-state index contributed by atoms with van der Waals surface area (Å²) < 4.78 is 0. The molecule has 1 aromatic heterocycles.